The monoisotopic (exact) mass is 291 g/mol. The second-order valence-corrected chi connectivity index (χ2v) is 4.63. The molecule has 2 aromatic carbocycles. The molecule has 0 saturated carbocycles. The summed E-state index contributed by atoms with van der Waals surface area (Å²) < 4.78 is 0. The van der Waals surface area contributed by atoms with Gasteiger partial charge in [0.1, 0.15) is 5.75 Å². The molecule has 0 spiro atoms. The fourth-order valence-corrected chi connectivity index (χ4v) is 1.90. The predicted molar refractivity (Wildman–Crippen MR) is 80.1 cm³/mol. The lowest BCUT2D eigenvalue weighted by Crippen LogP contribution is -2.19. The van der Waals surface area contributed by atoms with Crippen LogP contribution >= 0.6 is 11.6 Å². The van der Waals surface area contributed by atoms with Gasteiger partial charge >= 0.3 is 6.03 Å². The molecule has 2 amide bonds. The van der Waals surface area contributed by atoms with Crippen LogP contribution in [0.5, 0.6) is 5.75 Å². The van der Waals surface area contributed by atoms with E-state index in [1.54, 1.807) is 42.5 Å². The molecule has 0 heterocycles. The number of primary amides is 1. The average Bonchev–Trinajstić information content (AvgIpc) is 2.41. The maximum absolute atomic E-state index is 10.7. The van der Waals surface area contributed by atoms with Crippen molar-refractivity contribution in [3.05, 3.63) is 53.1 Å². The first kappa shape index (κ1) is 14.0. The van der Waals surface area contributed by atoms with E-state index in [9.17, 15) is 9.90 Å². The zero-order chi connectivity index (χ0) is 14.5. The number of amides is 2. The number of aromatic hydroxyl groups is 1. The molecule has 2 aromatic rings. The van der Waals surface area contributed by atoms with Crippen LogP contribution in [0.1, 0.15) is 5.56 Å². The third-order valence-corrected chi connectivity index (χ3v) is 2.91. The van der Waals surface area contributed by atoms with Crippen molar-refractivity contribution in [3.63, 3.8) is 0 Å². The van der Waals surface area contributed by atoms with Gasteiger partial charge in [-0.2, -0.15) is 0 Å². The van der Waals surface area contributed by atoms with Crippen molar-refractivity contribution < 1.29 is 9.90 Å². The van der Waals surface area contributed by atoms with Crippen LogP contribution < -0.4 is 16.4 Å². The molecule has 2 rings (SSSR count). The molecule has 0 atom stereocenters. The SMILES string of the molecule is NC(=O)Nc1ccc(NCc2cc(Cl)ccc2O)cc1. The fourth-order valence-electron chi connectivity index (χ4n) is 1.71. The predicted octanol–water partition coefficient (Wildman–Crippen LogP) is 3.15. The Balaban J connectivity index is 2.00. The number of urea groups is 1. The van der Waals surface area contributed by atoms with Crippen molar-refractivity contribution in [1.29, 1.82) is 0 Å². The number of rotatable bonds is 4. The summed E-state index contributed by atoms with van der Waals surface area (Å²) in [7, 11) is 0. The third kappa shape index (κ3) is 3.80. The van der Waals surface area contributed by atoms with Gasteiger partial charge in [0.15, 0.2) is 0 Å². The lowest BCUT2D eigenvalue weighted by Gasteiger charge is -2.09. The minimum absolute atomic E-state index is 0.189. The van der Waals surface area contributed by atoms with Gasteiger partial charge in [-0.25, -0.2) is 4.79 Å². The summed E-state index contributed by atoms with van der Waals surface area (Å²) in [5.74, 6) is 0.189. The first-order chi connectivity index (χ1) is 9.54. The van der Waals surface area contributed by atoms with E-state index in [0.717, 1.165) is 5.69 Å². The van der Waals surface area contributed by atoms with E-state index in [0.29, 0.717) is 22.8 Å². The highest BCUT2D eigenvalue weighted by Crippen LogP contribution is 2.23. The summed E-state index contributed by atoms with van der Waals surface area (Å²) in [5, 5.41) is 15.9. The summed E-state index contributed by atoms with van der Waals surface area (Å²) in [6.07, 6.45) is 0. The van der Waals surface area contributed by atoms with Gasteiger partial charge < -0.3 is 21.5 Å². The van der Waals surface area contributed by atoms with Crippen molar-refractivity contribution >= 4 is 29.0 Å². The molecule has 20 heavy (non-hydrogen) atoms. The molecule has 0 fully saturated rings. The number of nitrogens with one attached hydrogen (secondary N) is 2. The molecular formula is C14H14ClN3O2. The van der Waals surface area contributed by atoms with Crippen LogP contribution in [0.2, 0.25) is 5.02 Å². The molecule has 6 heteroatoms. The molecule has 0 aliphatic heterocycles. The first-order valence-electron chi connectivity index (χ1n) is 5.92. The summed E-state index contributed by atoms with van der Waals surface area (Å²) in [4.78, 5) is 10.7. The Morgan fingerprint density at radius 3 is 2.45 bits per heavy atom. The molecule has 0 bridgehead atoms. The molecule has 0 aliphatic rings. The second kappa shape index (κ2) is 6.16. The lowest BCUT2D eigenvalue weighted by molar-refractivity contribution is 0.259. The van der Waals surface area contributed by atoms with Crippen LogP contribution in [0.3, 0.4) is 0 Å². The van der Waals surface area contributed by atoms with Gasteiger partial charge in [0.05, 0.1) is 0 Å². The van der Waals surface area contributed by atoms with Crippen LogP contribution in [0.15, 0.2) is 42.5 Å². The largest absolute Gasteiger partial charge is 0.508 e. The summed E-state index contributed by atoms with van der Waals surface area (Å²) in [6.45, 7) is 0.439. The molecule has 5 N–H and O–H groups in total. The molecule has 0 saturated heterocycles. The Kier molecular flexibility index (Phi) is 4.32. The quantitative estimate of drug-likeness (QED) is 0.698. The lowest BCUT2D eigenvalue weighted by atomic mass is 10.2. The summed E-state index contributed by atoms with van der Waals surface area (Å²) in [5.41, 5.74) is 7.19. The number of carbonyl (C=O) groups is 1. The standard InChI is InChI=1S/C14H14ClN3O2/c15-10-1-6-13(19)9(7-10)8-17-11-2-4-12(5-3-11)18-14(16)20/h1-7,17,19H,8H2,(H3,16,18,20). The zero-order valence-electron chi connectivity index (χ0n) is 10.6. The zero-order valence-corrected chi connectivity index (χ0v) is 11.3. The Morgan fingerprint density at radius 2 is 1.80 bits per heavy atom. The first-order valence-corrected chi connectivity index (χ1v) is 6.30. The average molecular weight is 292 g/mol. The van der Waals surface area contributed by atoms with Crippen molar-refractivity contribution in [3.8, 4) is 5.75 Å². The van der Waals surface area contributed by atoms with E-state index in [-0.39, 0.29) is 5.75 Å². The number of anilines is 2. The van der Waals surface area contributed by atoms with E-state index in [2.05, 4.69) is 10.6 Å². The van der Waals surface area contributed by atoms with Gasteiger partial charge in [0, 0.05) is 28.5 Å². The molecule has 0 radical (unpaired) electrons. The van der Waals surface area contributed by atoms with Crippen LogP contribution in [-0.4, -0.2) is 11.1 Å². The van der Waals surface area contributed by atoms with E-state index in [4.69, 9.17) is 17.3 Å². The maximum atomic E-state index is 10.7. The van der Waals surface area contributed by atoms with Crippen molar-refractivity contribution in [1.82, 2.24) is 0 Å². The van der Waals surface area contributed by atoms with E-state index >= 15 is 0 Å². The molecule has 0 unspecified atom stereocenters. The van der Waals surface area contributed by atoms with Crippen LogP contribution in [0.4, 0.5) is 16.2 Å². The van der Waals surface area contributed by atoms with E-state index in [1.165, 1.54) is 0 Å². The Labute approximate surface area is 121 Å². The Bertz CT molecular complexity index is 614. The van der Waals surface area contributed by atoms with Gasteiger partial charge in [-0.05, 0) is 42.5 Å². The van der Waals surface area contributed by atoms with E-state index in [1.807, 2.05) is 0 Å². The smallest absolute Gasteiger partial charge is 0.316 e. The molecule has 0 aromatic heterocycles. The number of halogens is 1. The maximum Gasteiger partial charge on any atom is 0.316 e. The highest BCUT2D eigenvalue weighted by atomic mass is 35.5. The summed E-state index contributed by atoms with van der Waals surface area (Å²) in [6, 6.07) is 11.3. The molecular weight excluding hydrogens is 278 g/mol. The van der Waals surface area contributed by atoms with E-state index < -0.39 is 6.03 Å². The van der Waals surface area contributed by atoms with Gasteiger partial charge in [-0.3, -0.25) is 0 Å². The third-order valence-electron chi connectivity index (χ3n) is 2.68. The van der Waals surface area contributed by atoms with Crippen molar-refractivity contribution in [2.75, 3.05) is 10.6 Å². The Morgan fingerprint density at radius 1 is 1.15 bits per heavy atom. The van der Waals surface area contributed by atoms with Crippen molar-refractivity contribution in [2.45, 2.75) is 6.54 Å². The fraction of sp³-hybridized carbons (Fsp3) is 0.0714. The van der Waals surface area contributed by atoms with Gasteiger partial charge in [0.25, 0.3) is 0 Å². The number of benzene rings is 2. The second-order valence-electron chi connectivity index (χ2n) is 4.19. The number of carbonyl (C=O) groups excluding carboxylic acids is 1. The minimum atomic E-state index is -0.602. The van der Waals surface area contributed by atoms with Gasteiger partial charge in [0.2, 0.25) is 0 Å². The Hall–Kier alpha value is -2.40. The number of phenolic OH excluding ortho intramolecular Hbond substituents is 1. The molecule has 104 valence electrons. The van der Waals surface area contributed by atoms with Crippen LogP contribution in [0.25, 0.3) is 0 Å². The summed E-state index contributed by atoms with van der Waals surface area (Å²) >= 11 is 5.88. The normalized spacial score (nSPS) is 10.1. The topological polar surface area (TPSA) is 87.4 Å². The molecule has 0 aliphatic carbocycles. The van der Waals surface area contributed by atoms with Gasteiger partial charge in [-0.15, -0.1) is 0 Å². The number of phenols is 1. The van der Waals surface area contributed by atoms with Crippen molar-refractivity contribution in [2.24, 2.45) is 5.73 Å². The number of hydrogen-bond acceptors (Lipinski definition) is 3. The number of nitrogens with two attached hydrogens (primary N) is 1. The van der Waals surface area contributed by atoms with Crippen LogP contribution in [0, 0.1) is 0 Å². The van der Waals surface area contributed by atoms with Crippen LogP contribution in [-0.2, 0) is 6.54 Å². The highest BCUT2D eigenvalue weighted by Gasteiger charge is 2.02. The highest BCUT2D eigenvalue weighted by molar-refractivity contribution is 6.30. The molecule has 5 nitrogen and oxygen atoms in total. The minimum Gasteiger partial charge on any atom is -0.508 e. The van der Waals surface area contributed by atoms with Gasteiger partial charge in [-0.1, -0.05) is 11.6 Å². The number of hydrogen-bond donors (Lipinski definition) is 4.